The summed E-state index contributed by atoms with van der Waals surface area (Å²) in [6.07, 6.45) is 0. The molecule has 0 bridgehead atoms. The van der Waals surface area contributed by atoms with E-state index in [1.165, 1.54) is 20.8 Å². The minimum absolute atomic E-state index is 1.14. The first-order chi connectivity index (χ1) is 5.75. The maximum atomic E-state index is 7.75. The highest BCUT2D eigenvalue weighted by Crippen LogP contribution is 2.23. The van der Waals surface area contributed by atoms with Crippen LogP contribution in [0.5, 0.6) is 0 Å². The Bertz CT molecular complexity index is 168. The van der Waals surface area contributed by atoms with Crippen LogP contribution >= 0.6 is 0 Å². The van der Waals surface area contributed by atoms with E-state index in [2.05, 4.69) is 0 Å². The minimum Gasteiger partial charge on any atom is -0.0623 e. The lowest BCUT2D eigenvalue weighted by molar-refractivity contribution is 0.283. The fraction of sp³-hybridized carbons (Fsp3) is 1.00. The molecule has 0 aromatic carbocycles. The van der Waals surface area contributed by atoms with Gasteiger partial charge >= 0.3 is 0 Å². The van der Waals surface area contributed by atoms with Gasteiger partial charge in [0.1, 0.15) is 0 Å². The van der Waals surface area contributed by atoms with Crippen LogP contribution in [0.4, 0.5) is 0 Å². The van der Waals surface area contributed by atoms with E-state index in [4.69, 9.17) is 9.60 Å². The Balaban J connectivity index is 5.54. The molecule has 0 amide bonds. The smallest absolute Gasteiger partial charge is 0.0302 e. The highest BCUT2D eigenvalue weighted by Gasteiger charge is 2.13. The first-order valence-corrected chi connectivity index (χ1v) is 2.25. The zero-order valence-electron chi connectivity index (χ0n) is 12.0. The van der Waals surface area contributed by atoms with Crippen molar-refractivity contribution in [3.8, 4) is 0 Å². The Morgan fingerprint density at radius 1 is 1.43 bits per heavy atom. The quantitative estimate of drug-likeness (QED) is 0.446. The molecule has 0 unspecified atom stereocenters. The van der Waals surface area contributed by atoms with Crippen LogP contribution in [0.25, 0.3) is 0 Å². The van der Waals surface area contributed by atoms with E-state index in [0.717, 1.165) is 0 Å². The topological polar surface area (TPSA) is 0 Å². The van der Waals surface area contributed by atoms with Crippen LogP contribution in [0, 0.1) is 11.3 Å². The molecule has 0 saturated heterocycles. The predicted octanol–water partition coefficient (Wildman–Crippen LogP) is 2.69. The second kappa shape index (κ2) is 1.85. The van der Waals surface area contributed by atoms with E-state index >= 15 is 0 Å². The normalized spacial score (nSPS) is 32.7. The second-order valence-corrected chi connectivity index (χ2v) is 2.62. The van der Waals surface area contributed by atoms with Gasteiger partial charge in [0, 0.05) is 9.60 Å². The molecule has 0 heterocycles. The highest BCUT2D eigenvalue weighted by molar-refractivity contribution is 4.64. The molecule has 0 aliphatic carbocycles. The zero-order chi connectivity index (χ0) is 12.0. The zero-order valence-corrected chi connectivity index (χ0v) is 5.00. The van der Waals surface area contributed by atoms with E-state index < -0.39 is 25.0 Å². The number of rotatable bonds is 0. The van der Waals surface area contributed by atoms with Crippen molar-refractivity contribution in [1.29, 1.82) is 0 Å². The van der Waals surface area contributed by atoms with Crippen LogP contribution < -0.4 is 0 Å². The number of hydrogen-bond acceptors (Lipinski definition) is 0. The average molecular weight is 107 g/mol. The van der Waals surface area contributed by atoms with Gasteiger partial charge in [-0.15, -0.1) is 0 Å². The largest absolute Gasteiger partial charge is 0.0623 e. The Morgan fingerprint density at radius 2 is 1.86 bits per heavy atom. The van der Waals surface area contributed by atoms with Crippen LogP contribution in [0.15, 0.2) is 0 Å². The first kappa shape index (κ1) is 1.49. The predicted molar refractivity (Wildman–Crippen MR) is 34.3 cm³/mol. The Labute approximate surface area is 56.8 Å². The second-order valence-electron chi connectivity index (χ2n) is 2.62. The van der Waals surface area contributed by atoms with E-state index in [0.29, 0.717) is 0 Å². The van der Waals surface area contributed by atoms with Crippen molar-refractivity contribution < 1.29 is 9.60 Å². The Hall–Kier alpha value is 0. The van der Waals surface area contributed by atoms with E-state index in [1.807, 2.05) is 0 Å². The average Bonchev–Trinajstić information content (AvgIpc) is 1.77. The maximum Gasteiger partial charge on any atom is 0.0302 e. The lowest BCUT2D eigenvalue weighted by Crippen LogP contribution is -2.12. The van der Waals surface area contributed by atoms with Crippen LogP contribution in [-0.4, -0.2) is 0 Å². The molecule has 0 aliphatic rings. The number of hydrogen-bond donors (Lipinski definition) is 0. The molecular formula is C7H16. The monoisotopic (exact) mass is 107 g/mol. The van der Waals surface area contributed by atoms with Gasteiger partial charge in [0.25, 0.3) is 0 Å². The standard InChI is InChI=1S/C7H16/c1-6(2)7(3,4)5/h6H,1-5H3/i1D3,2D3,6D. The lowest BCUT2D eigenvalue weighted by Gasteiger charge is -2.22. The van der Waals surface area contributed by atoms with E-state index in [1.54, 1.807) is 0 Å². The summed E-state index contributed by atoms with van der Waals surface area (Å²) in [5.41, 5.74) is -1.14. The van der Waals surface area contributed by atoms with Gasteiger partial charge in [-0.25, -0.2) is 0 Å². The molecule has 44 valence electrons. The van der Waals surface area contributed by atoms with Crippen molar-refractivity contribution in [2.24, 2.45) is 11.3 Å². The van der Waals surface area contributed by atoms with Gasteiger partial charge in [0.05, 0.1) is 0 Å². The molecule has 0 atom stereocenters. The third kappa shape index (κ3) is 2.67. The minimum atomic E-state index is -2.82. The van der Waals surface area contributed by atoms with Gasteiger partial charge in [0.2, 0.25) is 0 Å². The molecule has 0 heteroatoms. The molecule has 0 N–H and O–H groups in total. The molecule has 0 fully saturated rings. The summed E-state index contributed by atoms with van der Waals surface area (Å²) < 4.78 is 50.8. The van der Waals surface area contributed by atoms with Crippen LogP contribution in [0.3, 0.4) is 0 Å². The van der Waals surface area contributed by atoms with E-state index in [9.17, 15) is 0 Å². The van der Waals surface area contributed by atoms with Crippen molar-refractivity contribution in [2.45, 2.75) is 34.5 Å². The van der Waals surface area contributed by atoms with Crippen LogP contribution in [-0.2, 0) is 0 Å². The molecule has 0 aromatic rings. The summed E-state index contributed by atoms with van der Waals surface area (Å²) in [6, 6.07) is 0. The summed E-state index contributed by atoms with van der Waals surface area (Å²) in [7, 11) is 0. The molecule has 7 heavy (non-hydrogen) atoms. The summed E-state index contributed by atoms with van der Waals surface area (Å²) in [4.78, 5) is 0. The van der Waals surface area contributed by atoms with Gasteiger partial charge in [-0.2, -0.15) is 0 Å². The summed E-state index contributed by atoms with van der Waals surface area (Å²) in [5, 5.41) is 0. The fourth-order valence-corrected chi connectivity index (χ4v) is 0. The summed E-state index contributed by atoms with van der Waals surface area (Å²) in [6.45, 7) is -1.27. The SMILES string of the molecule is [2H]C([2H])([2H])C([2H])(C([2H])([2H])[2H])C(C)(C)C. The highest BCUT2D eigenvalue weighted by atomic mass is 14.2. The Morgan fingerprint density at radius 3 is 1.86 bits per heavy atom. The molecule has 0 aromatic heterocycles. The summed E-state index contributed by atoms with van der Waals surface area (Å²) in [5.74, 6) is -2.44. The van der Waals surface area contributed by atoms with Crippen molar-refractivity contribution in [1.82, 2.24) is 0 Å². The molecule has 0 aliphatic heterocycles. The molecule has 0 spiro atoms. The Kier molecular flexibility index (Phi) is 0.394. The fourth-order valence-electron chi connectivity index (χ4n) is 0. The molecule has 0 rings (SSSR count). The van der Waals surface area contributed by atoms with Gasteiger partial charge < -0.3 is 0 Å². The third-order valence-electron chi connectivity index (χ3n) is 0.750. The van der Waals surface area contributed by atoms with Crippen LogP contribution in [0.2, 0.25) is 0 Å². The van der Waals surface area contributed by atoms with Crippen molar-refractivity contribution in [2.75, 3.05) is 0 Å². The van der Waals surface area contributed by atoms with Gasteiger partial charge in [0.15, 0.2) is 0 Å². The van der Waals surface area contributed by atoms with Crippen molar-refractivity contribution >= 4 is 0 Å². The van der Waals surface area contributed by atoms with Crippen molar-refractivity contribution in [3.63, 3.8) is 0 Å². The molecule has 0 saturated carbocycles. The molecule has 0 radical (unpaired) electrons. The molecular weight excluding hydrogens is 84.1 g/mol. The van der Waals surface area contributed by atoms with Crippen LogP contribution in [0.1, 0.15) is 44.1 Å². The third-order valence-corrected chi connectivity index (χ3v) is 0.750. The maximum absolute atomic E-state index is 7.75. The van der Waals surface area contributed by atoms with Gasteiger partial charge in [-0.3, -0.25) is 0 Å². The lowest BCUT2D eigenvalue weighted by atomic mass is 9.84. The van der Waals surface area contributed by atoms with Gasteiger partial charge in [-0.1, -0.05) is 34.5 Å². The van der Waals surface area contributed by atoms with Crippen molar-refractivity contribution in [3.05, 3.63) is 0 Å². The van der Waals surface area contributed by atoms with E-state index in [-0.39, 0.29) is 0 Å². The van der Waals surface area contributed by atoms with Gasteiger partial charge in [-0.05, 0) is 11.3 Å². The first-order valence-electron chi connectivity index (χ1n) is 5.75. The summed E-state index contributed by atoms with van der Waals surface area (Å²) >= 11 is 0. The molecule has 0 nitrogen and oxygen atoms in total.